The van der Waals surface area contributed by atoms with Crippen LogP contribution < -0.4 is 5.32 Å². The van der Waals surface area contributed by atoms with Crippen LogP contribution in [-0.4, -0.2) is 15.0 Å². The smallest absolute Gasteiger partial charge is 0.272 e. The van der Waals surface area contributed by atoms with Crippen LogP contribution in [0.1, 0.15) is 5.56 Å². The molecule has 2 aromatic carbocycles. The predicted octanol–water partition coefficient (Wildman–Crippen LogP) is 3.60. The number of nitrogens with zero attached hydrogens (tertiary/aromatic N) is 2. The molecule has 0 bridgehead atoms. The van der Waals surface area contributed by atoms with E-state index in [0.717, 1.165) is 11.5 Å². The first kappa shape index (κ1) is 14.7. The summed E-state index contributed by atoms with van der Waals surface area (Å²) in [6, 6.07) is 10.5. The minimum Gasteiger partial charge on any atom is -0.505 e. The lowest BCUT2D eigenvalue weighted by Crippen LogP contribution is -2.02. The Balaban J connectivity index is 1.83. The molecule has 0 aliphatic rings. The quantitative estimate of drug-likeness (QED) is 0.567. The topological polar surface area (TPSA) is 88.3 Å². The van der Waals surface area contributed by atoms with Crippen molar-refractivity contribution in [1.82, 2.24) is 4.98 Å². The monoisotopic (exact) mass is 313 g/mol. The van der Waals surface area contributed by atoms with Gasteiger partial charge in [0.2, 0.25) is 0 Å². The van der Waals surface area contributed by atoms with Gasteiger partial charge in [-0.25, -0.2) is 4.39 Å². The van der Waals surface area contributed by atoms with Gasteiger partial charge in [-0.3, -0.25) is 15.1 Å². The van der Waals surface area contributed by atoms with Crippen molar-refractivity contribution in [3.8, 4) is 5.75 Å². The lowest BCUT2D eigenvalue weighted by atomic mass is 10.1. The zero-order valence-electron chi connectivity index (χ0n) is 11.9. The Kier molecular flexibility index (Phi) is 3.76. The number of rotatable bonds is 4. The molecule has 1 aromatic heterocycles. The van der Waals surface area contributed by atoms with Crippen LogP contribution in [0.2, 0.25) is 0 Å². The summed E-state index contributed by atoms with van der Waals surface area (Å²) < 4.78 is 13.8. The highest BCUT2D eigenvalue weighted by Gasteiger charge is 2.12. The van der Waals surface area contributed by atoms with Crippen molar-refractivity contribution in [1.29, 1.82) is 0 Å². The average molecular weight is 313 g/mol. The molecule has 3 aromatic rings. The molecular formula is C16H12FN3O3. The van der Waals surface area contributed by atoms with Crippen LogP contribution in [0.3, 0.4) is 0 Å². The first-order valence-electron chi connectivity index (χ1n) is 6.79. The van der Waals surface area contributed by atoms with E-state index in [1.54, 1.807) is 18.3 Å². The first-order chi connectivity index (χ1) is 11.1. The zero-order chi connectivity index (χ0) is 16.4. The van der Waals surface area contributed by atoms with Crippen molar-refractivity contribution < 1.29 is 14.4 Å². The van der Waals surface area contributed by atoms with Crippen LogP contribution in [-0.2, 0) is 6.54 Å². The molecule has 3 rings (SSSR count). The van der Waals surface area contributed by atoms with Gasteiger partial charge in [-0.05, 0) is 12.1 Å². The standard InChI is InChI=1S/C16H12FN3O3/c17-13-8-12(20(22)23)5-6-14(13)19-9-11-4-3-10-2-1-7-18-15(10)16(11)21/h1-8,19,21H,9H2. The Bertz CT molecular complexity index is 899. The number of benzene rings is 2. The number of nitro groups is 1. The number of aromatic hydroxyl groups is 1. The summed E-state index contributed by atoms with van der Waals surface area (Å²) in [7, 11) is 0. The van der Waals surface area contributed by atoms with Gasteiger partial charge < -0.3 is 10.4 Å². The normalized spacial score (nSPS) is 10.7. The number of pyridine rings is 1. The SMILES string of the molecule is O=[N+]([O-])c1ccc(NCc2ccc3cccnc3c2O)c(F)c1. The van der Waals surface area contributed by atoms with Crippen molar-refractivity contribution in [2.45, 2.75) is 6.54 Å². The van der Waals surface area contributed by atoms with Crippen molar-refractivity contribution in [2.24, 2.45) is 0 Å². The fourth-order valence-corrected chi connectivity index (χ4v) is 2.27. The molecule has 0 radical (unpaired) electrons. The molecule has 6 nitrogen and oxygen atoms in total. The molecule has 23 heavy (non-hydrogen) atoms. The van der Waals surface area contributed by atoms with Crippen LogP contribution >= 0.6 is 0 Å². The van der Waals surface area contributed by atoms with Crippen molar-refractivity contribution in [2.75, 3.05) is 5.32 Å². The van der Waals surface area contributed by atoms with Gasteiger partial charge in [0.05, 0.1) is 16.7 Å². The third-order valence-electron chi connectivity index (χ3n) is 3.46. The van der Waals surface area contributed by atoms with Gasteiger partial charge in [-0.1, -0.05) is 18.2 Å². The number of phenols is 1. The number of fused-ring (bicyclic) bond motifs is 1. The molecule has 7 heteroatoms. The van der Waals surface area contributed by atoms with Crippen molar-refractivity contribution in [3.63, 3.8) is 0 Å². The van der Waals surface area contributed by atoms with E-state index in [-0.39, 0.29) is 23.7 Å². The van der Waals surface area contributed by atoms with Gasteiger partial charge in [0, 0.05) is 29.8 Å². The van der Waals surface area contributed by atoms with Gasteiger partial charge in [-0.15, -0.1) is 0 Å². The Morgan fingerprint density at radius 1 is 1.26 bits per heavy atom. The maximum atomic E-state index is 13.8. The summed E-state index contributed by atoms with van der Waals surface area (Å²) in [6.07, 6.45) is 1.58. The second kappa shape index (κ2) is 5.88. The number of phenolic OH excluding ortho intramolecular Hbond substituents is 1. The van der Waals surface area contributed by atoms with E-state index >= 15 is 0 Å². The minimum atomic E-state index is -0.724. The maximum Gasteiger partial charge on any atom is 0.272 e. The second-order valence-corrected chi connectivity index (χ2v) is 4.92. The predicted molar refractivity (Wildman–Crippen MR) is 83.8 cm³/mol. The molecular weight excluding hydrogens is 301 g/mol. The largest absolute Gasteiger partial charge is 0.505 e. The van der Waals surface area contributed by atoms with Crippen LogP contribution in [0.4, 0.5) is 15.8 Å². The van der Waals surface area contributed by atoms with E-state index in [0.29, 0.717) is 11.1 Å². The summed E-state index contributed by atoms with van der Waals surface area (Å²) in [6.45, 7) is 0.160. The van der Waals surface area contributed by atoms with Crippen molar-refractivity contribution >= 4 is 22.3 Å². The molecule has 0 amide bonds. The highest BCUT2D eigenvalue weighted by molar-refractivity contribution is 5.85. The number of nitrogens with one attached hydrogen (secondary N) is 1. The van der Waals surface area contributed by atoms with Gasteiger partial charge in [0.25, 0.3) is 5.69 Å². The Labute approximate surface area is 130 Å². The van der Waals surface area contributed by atoms with Gasteiger partial charge in [-0.2, -0.15) is 0 Å². The number of non-ortho nitro benzene ring substituents is 1. The van der Waals surface area contributed by atoms with Gasteiger partial charge in [0.1, 0.15) is 11.3 Å². The van der Waals surface area contributed by atoms with E-state index in [9.17, 15) is 19.6 Å². The zero-order valence-corrected chi connectivity index (χ0v) is 11.9. The molecule has 0 unspecified atom stereocenters. The molecule has 116 valence electrons. The van der Waals surface area contributed by atoms with Gasteiger partial charge >= 0.3 is 0 Å². The Morgan fingerprint density at radius 2 is 2.09 bits per heavy atom. The third-order valence-corrected chi connectivity index (χ3v) is 3.46. The molecule has 0 aliphatic carbocycles. The highest BCUT2D eigenvalue weighted by Crippen LogP contribution is 2.28. The first-order valence-corrected chi connectivity index (χ1v) is 6.79. The van der Waals surface area contributed by atoms with Crippen LogP contribution in [0.25, 0.3) is 10.9 Å². The third kappa shape index (κ3) is 2.89. The average Bonchev–Trinajstić information content (AvgIpc) is 2.55. The molecule has 0 fully saturated rings. The number of anilines is 1. The van der Waals surface area contributed by atoms with Gasteiger partial charge in [0.15, 0.2) is 5.82 Å². The molecule has 1 heterocycles. The molecule has 0 saturated carbocycles. The molecule has 2 N–H and O–H groups in total. The highest BCUT2D eigenvalue weighted by atomic mass is 19.1. The van der Waals surface area contributed by atoms with Crippen molar-refractivity contribution in [3.05, 3.63) is 70.2 Å². The van der Waals surface area contributed by atoms with E-state index in [1.165, 1.54) is 12.1 Å². The van der Waals surface area contributed by atoms with Crippen LogP contribution in [0.15, 0.2) is 48.7 Å². The number of aromatic nitrogens is 1. The minimum absolute atomic E-state index is 0.0259. The summed E-state index contributed by atoms with van der Waals surface area (Å²) >= 11 is 0. The molecule has 0 spiro atoms. The van der Waals surface area contributed by atoms with E-state index in [4.69, 9.17) is 0 Å². The van der Waals surface area contributed by atoms with E-state index < -0.39 is 10.7 Å². The van der Waals surface area contributed by atoms with E-state index in [2.05, 4.69) is 10.3 Å². The molecule has 0 saturated heterocycles. The van der Waals surface area contributed by atoms with E-state index in [1.807, 2.05) is 12.1 Å². The lowest BCUT2D eigenvalue weighted by Gasteiger charge is -2.10. The van der Waals surface area contributed by atoms with Crippen LogP contribution in [0, 0.1) is 15.9 Å². The molecule has 0 aliphatic heterocycles. The Morgan fingerprint density at radius 3 is 2.83 bits per heavy atom. The number of hydrogen-bond acceptors (Lipinski definition) is 5. The number of nitro benzene ring substituents is 1. The fourth-order valence-electron chi connectivity index (χ4n) is 2.27. The van der Waals surface area contributed by atoms with Crippen LogP contribution in [0.5, 0.6) is 5.75 Å². The second-order valence-electron chi connectivity index (χ2n) is 4.92. The summed E-state index contributed by atoms with van der Waals surface area (Å²) in [4.78, 5) is 14.1. The summed E-state index contributed by atoms with van der Waals surface area (Å²) in [5.41, 5.74) is 0.826. The maximum absolute atomic E-state index is 13.8. The number of hydrogen-bond donors (Lipinski definition) is 2. The molecule has 0 atom stereocenters. The summed E-state index contributed by atoms with van der Waals surface area (Å²) in [5.74, 6) is -0.699. The Hall–Kier alpha value is -3.22. The lowest BCUT2D eigenvalue weighted by molar-refractivity contribution is -0.385. The summed E-state index contributed by atoms with van der Waals surface area (Å²) in [5, 5.41) is 24.4. The number of halogens is 1. The fraction of sp³-hybridized carbons (Fsp3) is 0.0625.